The number of fused-ring (bicyclic) bond motifs is 1. The van der Waals surface area contributed by atoms with Crippen molar-refractivity contribution >= 4 is 22.8 Å². The number of primary amides is 1. The van der Waals surface area contributed by atoms with E-state index in [4.69, 9.17) is 10.7 Å². The van der Waals surface area contributed by atoms with Crippen molar-refractivity contribution in [3.8, 4) is 11.3 Å². The van der Waals surface area contributed by atoms with E-state index in [0.717, 1.165) is 35.3 Å². The van der Waals surface area contributed by atoms with E-state index in [9.17, 15) is 9.59 Å². The first-order valence-electron chi connectivity index (χ1n) is 11.2. The van der Waals surface area contributed by atoms with Gasteiger partial charge in [-0.25, -0.2) is 9.97 Å². The largest absolute Gasteiger partial charge is 0.364 e. The summed E-state index contributed by atoms with van der Waals surface area (Å²) in [6, 6.07) is 17.4. The zero-order valence-corrected chi connectivity index (χ0v) is 18.5. The minimum absolute atomic E-state index is 0.0129. The number of amides is 2. The molecule has 0 bridgehead atoms. The lowest BCUT2D eigenvalue weighted by molar-refractivity contribution is -0.133. The van der Waals surface area contributed by atoms with Crippen LogP contribution in [0, 0.1) is 6.92 Å². The third-order valence-corrected chi connectivity index (χ3v) is 6.32. The van der Waals surface area contributed by atoms with Crippen molar-refractivity contribution in [2.45, 2.75) is 32.2 Å². The molecule has 168 valence electrons. The van der Waals surface area contributed by atoms with E-state index in [1.807, 2.05) is 71.0 Å². The average Bonchev–Trinajstić information content (AvgIpc) is 3.42. The number of nitrogens with zero attached hydrogens (tertiary/aromatic N) is 4. The van der Waals surface area contributed by atoms with Crippen molar-refractivity contribution in [3.05, 3.63) is 71.9 Å². The van der Waals surface area contributed by atoms with E-state index >= 15 is 0 Å². The Kier molecular flexibility index (Phi) is 5.42. The van der Waals surface area contributed by atoms with E-state index in [-0.39, 0.29) is 18.4 Å². The highest BCUT2D eigenvalue weighted by Crippen LogP contribution is 2.29. The van der Waals surface area contributed by atoms with Crippen molar-refractivity contribution in [2.75, 3.05) is 13.1 Å². The number of nitrogens with two attached hydrogens (primary N) is 1. The van der Waals surface area contributed by atoms with Gasteiger partial charge in [0.1, 0.15) is 29.6 Å². The zero-order chi connectivity index (χ0) is 22.9. The number of piperidine rings is 1. The van der Waals surface area contributed by atoms with Crippen LogP contribution in [-0.4, -0.2) is 49.3 Å². The van der Waals surface area contributed by atoms with Crippen molar-refractivity contribution < 1.29 is 9.59 Å². The summed E-state index contributed by atoms with van der Waals surface area (Å²) >= 11 is 0. The quantitative estimate of drug-likeness (QED) is 0.494. The van der Waals surface area contributed by atoms with Crippen molar-refractivity contribution in [3.63, 3.8) is 0 Å². The number of carbonyl (C=O) groups is 2. The molecule has 2 aromatic carbocycles. The third kappa shape index (κ3) is 4.00. The molecule has 2 aromatic heterocycles. The number of nitrogens with one attached hydrogen (secondary N) is 1. The molecule has 0 radical (unpaired) electrons. The highest BCUT2D eigenvalue weighted by molar-refractivity contribution is 5.97. The Hall–Kier alpha value is -3.94. The number of benzene rings is 2. The van der Waals surface area contributed by atoms with Gasteiger partial charge in [-0.15, -0.1) is 0 Å². The van der Waals surface area contributed by atoms with Crippen LogP contribution in [0.5, 0.6) is 0 Å². The second kappa shape index (κ2) is 8.54. The Balaban J connectivity index is 1.37. The number of imidazole rings is 2. The molecule has 33 heavy (non-hydrogen) atoms. The number of hydrogen-bond donors (Lipinski definition) is 2. The molecule has 1 unspecified atom stereocenters. The first-order valence-corrected chi connectivity index (χ1v) is 11.2. The van der Waals surface area contributed by atoms with E-state index in [2.05, 4.69) is 9.97 Å². The van der Waals surface area contributed by atoms with E-state index in [0.29, 0.717) is 30.3 Å². The van der Waals surface area contributed by atoms with Gasteiger partial charge >= 0.3 is 0 Å². The molecular weight excluding hydrogens is 416 g/mol. The number of aryl methyl sites for hydroxylation is 1. The summed E-state index contributed by atoms with van der Waals surface area (Å²) in [5.41, 5.74) is 9.17. The smallest absolute Gasteiger partial charge is 0.267 e. The van der Waals surface area contributed by atoms with Gasteiger partial charge in [0.2, 0.25) is 5.91 Å². The molecule has 8 heteroatoms. The van der Waals surface area contributed by atoms with Crippen LogP contribution in [0.25, 0.3) is 22.3 Å². The van der Waals surface area contributed by atoms with Crippen LogP contribution >= 0.6 is 0 Å². The van der Waals surface area contributed by atoms with Gasteiger partial charge in [0.25, 0.3) is 5.91 Å². The summed E-state index contributed by atoms with van der Waals surface area (Å²) in [6.45, 7) is 3.42. The summed E-state index contributed by atoms with van der Waals surface area (Å²) in [4.78, 5) is 39.6. The molecule has 3 heterocycles. The van der Waals surface area contributed by atoms with Crippen LogP contribution in [0.2, 0.25) is 0 Å². The molecule has 3 N–H and O–H groups in total. The number of aromatic amines is 1. The van der Waals surface area contributed by atoms with Gasteiger partial charge in [0.15, 0.2) is 0 Å². The van der Waals surface area contributed by atoms with Gasteiger partial charge in [0.05, 0.1) is 11.0 Å². The Bertz CT molecular complexity index is 1320. The van der Waals surface area contributed by atoms with Crippen LogP contribution < -0.4 is 5.73 Å². The van der Waals surface area contributed by atoms with E-state index < -0.39 is 5.91 Å². The van der Waals surface area contributed by atoms with Crippen LogP contribution in [0.4, 0.5) is 0 Å². The Morgan fingerprint density at radius 1 is 1.09 bits per heavy atom. The average molecular weight is 443 g/mol. The summed E-state index contributed by atoms with van der Waals surface area (Å²) in [6.07, 6.45) is 1.75. The summed E-state index contributed by atoms with van der Waals surface area (Å²) < 4.78 is 1.97. The van der Waals surface area contributed by atoms with Gasteiger partial charge in [-0.1, -0.05) is 42.5 Å². The molecule has 1 fully saturated rings. The maximum atomic E-state index is 13.2. The Morgan fingerprint density at radius 3 is 2.64 bits per heavy atom. The molecule has 1 atom stereocenters. The predicted molar refractivity (Wildman–Crippen MR) is 126 cm³/mol. The first-order chi connectivity index (χ1) is 16.0. The molecule has 0 aliphatic carbocycles. The minimum Gasteiger partial charge on any atom is -0.364 e. The van der Waals surface area contributed by atoms with Gasteiger partial charge in [-0.05, 0) is 31.9 Å². The van der Waals surface area contributed by atoms with Crippen molar-refractivity contribution in [1.82, 2.24) is 24.4 Å². The molecule has 1 saturated heterocycles. The first kappa shape index (κ1) is 20.9. The fourth-order valence-corrected chi connectivity index (χ4v) is 4.63. The molecule has 0 spiro atoms. The van der Waals surface area contributed by atoms with Gasteiger partial charge in [-0.2, -0.15) is 0 Å². The monoisotopic (exact) mass is 442 g/mol. The lowest BCUT2D eigenvalue weighted by Crippen LogP contribution is -2.41. The normalized spacial score (nSPS) is 16.3. The molecule has 0 saturated carbocycles. The topological polar surface area (TPSA) is 110 Å². The lowest BCUT2D eigenvalue weighted by Gasteiger charge is -2.32. The second-order valence-corrected chi connectivity index (χ2v) is 8.49. The third-order valence-electron chi connectivity index (χ3n) is 6.32. The number of carbonyl (C=O) groups excluding carboxylic acids is 2. The number of likely N-dealkylation sites (tertiary alicyclic amines) is 1. The maximum absolute atomic E-state index is 13.2. The summed E-state index contributed by atoms with van der Waals surface area (Å²) in [5.74, 6) is 1.04. The fraction of sp³-hybridized carbons (Fsp3) is 0.280. The minimum atomic E-state index is -0.543. The van der Waals surface area contributed by atoms with Gasteiger partial charge in [-0.3, -0.25) is 9.59 Å². The maximum Gasteiger partial charge on any atom is 0.267 e. The molecule has 4 aromatic rings. The van der Waals surface area contributed by atoms with Crippen LogP contribution in [0.1, 0.15) is 40.9 Å². The highest BCUT2D eigenvalue weighted by Gasteiger charge is 2.29. The van der Waals surface area contributed by atoms with Crippen LogP contribution in [-0.2, 0) is 11.3 Å². The van der Waals surface area contributed by atoms with Gasteiger partial charge < -0.3 is 20.2 Å². The fourth-order valence-electron chi connectivity index (χ4n) is 4.63. The molecule has 1 aliphatic rings. The SMILES string of the molecule is Cc1nc2ccccc2n1CC(=O)N1CCCC(c2nc(-c3ccccc3)c(C(N)=O)[nH]2)C1. The molecule has 8 nitrogen and oxygen atoms in total. The summed E-state index contributed by atoms with van der Waals surface area (Å²) in [7, 11) is 0. The molecule has 1 aliphatic heterocycles. The van der Waals surface area contributed by atoms with Crippen LogP contribution in [0.15, 0.2) is 54.6 Å². The molecular formula is C25H26N6O2. The number of aromatic nitrogens is 4. The standard InChI is InChI=1S/C25H26N6O2/c1-16-27-19-11-5-6-12-20(19)31(16)15-21(32)30-13-7-10-18(14-30)25-28-22(23(29-25)24(26)33)17-8-3-2-4-9-17/h2-6,8-9,11-12,18H,7,10,13-15H2,1H3,(H2,26,33)(H,28,29). The van der Waals surface area contributed by atoms with Crippen LogP contribution in [0.3, 0.4) is 0 Å². The molecule has 2 amide bonds. The van der Waals surface area contributed by atoms with Gasteiger partial charge in [0, 0.05) is 24.6 Å². The van der Waals surface area contributed by atoms with Crippen molar-refractivity contribution in [1.29, 1.82) is 0 Å². The predicted octanol–water partition coefficient (Wildman–Crippen LogP) is 3.24. The summed E-state index contributed by atoms with van der Waals surface area (Å²) in [5, 5.41) is 0. The highest BCUT2D eigenvalue weighted by atomic mass is 16.2. The van der Waals surface area contributed by atoms with E-state index in [1.165, 1.54) is 0 Å². The molecule has 5 rings (SSSR count). The number of para-hydroxylation sites is 2. The Labute approximate surface area is 191 Å². The second-order valence-electron chi connectivity index (χ2n) is 8.49. The lowest BCUT2D eigenvalue weighted by atomic mass is 9.97. The van der Waals surface area contributed by atoms with Crippen molar-refractivity contribution in [2.24, 2.45) is 5.73 Å². The number of hydrogen-bond acceptors (Lipinski definition) is 4. The number of H-pyrrole nitrogens is 1. The zero-order valence-electron chi connectivity index (χ0n) is 18.5. The number of rotatable bonds is 5. The van der Waals surface area contributed by atoms with E-state index in [1.54, 1.807) is 0 Å². The Morgan fingerprint density at radius 2 is 1.85 bits per heavy atom.